The van der Waals surface area contributed by atoms with E-state index in [1.807, 2.05) is 36.4 Å². The molecule has 2 heteroatoms. The Labute approximate surface area is 113 Å². The third kappa shape index (κ3) is 3.02. The third-order valence-electron chi connectivity index (χ3n) is 3.64. The van der Waals surface area contributed by atoms with Crippen molar-refractivity contribution in [1.82, 2.24) is 0 Å². The van der Waals surface area contributed by atoms with Crippen LogP contribution in [0.4, 0.5) is 5.69 Å². The van der Waals surface area contributed by atoms with E-state index in [0.29, 0.717) is 5.92 Å². The lowest BCUT2D eigenvalue weighted by Crippen LogP contribution is -2.15. The first-order valence-corrected chi connectivity index (χ1v) is 6.73. The maximum atomic E-state index is 12.1. The summed E-state index contributed by atoms with van der Waals surface area (Å²) >= 11 is 0. The van der Waals surface area contributed by atoms with Crippen molar-refractivity contribution in [2.24, 2.45) is 11.8 Å². The molecular weight excluding hydrogens is 234 g/mol. The van der Waals surface area contributed by atoms with Gasteiger partial charge in [0.05, 0.1) is 0 Å². The molecule has 19 heavy (non-hydrogen) atoms. The van der Waals surface area contributed by atoms with Crippen LogP contribution in [0.15, 0.2) is 60.7 Å². The molecule has 0 saturated heterocycles. The van der Waals surface area contributed by atoms with E-state index in [9.17, 15) is 4.79 Å². The van der Waals surface area contributed by atoms with Gasteiger partial charge in [0.15, 0.2) is 0 Å². The molecule has 1 fully saturated rings. The van der Waals surface area contributed by atoms with Crippen molar-refractivity contribution in [2.75, 3.05) is 5.32 Å². The predicted molar refractivity (Wildman–Crippen MR) is 76.8 cm³/mol. The molecular formula is C17H17NO. The minimum atomic E-state index is 0.159. The van der Waals surface area contributed by atoms with Crippen molar-refractivity contribution in [3.8, 4) is 0 Å². The van der Waals surface area contributed by atoms with Crippen LogP contribution in [0.2, 0.25) is 0 Å². The van der Waals surface area contributed by atoms with Crippen LogP contribution in [-0.2, 0) is 11.2 Å². The Morgan fingerprint density at radius 1 is 1.00 bits per heavy atom. The average Bonchev–Trinajstić information content (AvgIpc) is 3.20. The van der Waals surface area contributed by atoms with Gasteiger partial charge in [0.1, 0.15) is 0 Å². The summed E-state index contributed by atoms with van der Waals surface area (Å²) in [6.07, 6.45) is 2.02. The molecule has 0 radical (unpaired) electrons. The Morgan fingerprint density at radius 3 is 2.32 bits per heavy atom. The Morgan fingerprint density at radius 2 is 1.63 bits per heavy atom. The normalized spacial score (nSPS) is 20.8. The zero-order chi connectivity index (χ0) is 13.1. The standard InChI is InChI=1S/C17H17NO/c19-17(18-15-9-5-2-6-10-15)16-12-14(16)11-13-7-3-1-4-8-13/h1-10,14,16H,11-12H2,(H,18,19)/t14-,16+/m1/s1. The Bertz CT molecular complexity index is 550. The summed E-state index contributed by atoms with van der Waals surface area (Å²) in [4.78, 5) is 12.1. The first kappa shape index (κ1) is 12.0. The van der Waals surface area contributed by atoms with E-state index in [4.69, 9.17) is 0 Å². The molecule has 0 aromatic heterocycles. The predicted octanol–water partition coefficient (Wildman–Crippen LogP) is 3.50. The third-order valence-corrected chi connectivity index (χ3v) is 3.64. The fourth-order valence-electron chi connectivity index (χ4n) is 2.47. The number of hydrogen-bond acceptors (Lipinski definition) is 1. The lowest BCUT2D eigenvalue weighted by atomic mass is 10.1. The molecule has 1 N–H and O–H groups in total. The van der Waals surface area contributed by atoms with Gasteiger partial charge in [-0.15, -0.1) is 0 Å². The van der Waals surface area contributed by atoms with Gasteiger partial charge in [-0.25, -0.2) is 0 Å². The second-order valence-corrected chi connectivity index (χ2v) is 5.15. The van der Waals surface area contributed by atoms with Gasteiger partial charge in [0.25, 0.3) is 0 Å². The van der Waals surface area contributed by atoms with Gasteiger partial charge in [-0.1, -0.05) is 48.5 Å². The van der Waals surface area contributed by atoms with Crippen LogP contribution in [0.3, 0.4) is 0 Å². The van der Waals surface area contributed by atoms with Crippen LogP contribution >= 0.6 is 0 Å². The number of anilines is 1. The average molecular weight is 251 g/mol. The summed E-state index contributed by atoms with van der Waals surface area (Å²) < 4.78 is 0. The minimum absolute atomic E-state index is 0.159. The Hall–Kier alpha value is -2.09. The molecule has 0 bridgehead atoms. The molecule has 0 heterocycles. The van der Waals surface area contributed by atoms with E-state index in [2.05, 4.69) is 29.6 Å². The van der Waals surface area contributed by atoms with E-state index < -0.39 is 0 Å². The number of para-hydroxylation sites is 1. The van der Waals surface area contributed by atoms with Gasteiger partial charge in [0, 0.05) is 11.6 Å². The molecule has 1 aliphatic carbocycles. The molecule has 1 aliphatic rings. The fraction of sp³-hybridized carbons (Fsp3) is 0.235. The lowest BCUT2D eigenvalue weighted by Gasteiger charge is -2.04. The summed E-state index contributed by atoms with van der Waals surface area (Å²) in [6, 6.07) is 20.1. The molecule has 1 amide bonds. The molecule has 2 aromatic carbocycles. The van der Waals surface area contributed by atoms with Crippen LogP contribution in [-0.4, -0.2) is 5.91 Å². The van der Waals surface area contributed by atoms with Gasteiger partial charge in [-0.05, 0) is 36.5 Å². The molecule has 0 spiro atoms. The number of benzene rings is 2. The summed E-state index contributed by atoms with van der Waals surface area (Å²) in [7, 11) is 0. The van der Waals surface area contributed by atoms with Crippen molar-refractivity contribution in [3.05, 3.63) is 66.2 Å². The second-order valence-electron chi connectivity index (χ2n) is 5.15. The molecule has 1 saturated carbocycles. The number of nitrogens with one attached hydrogen (secondary N) is 1. The highest BCUT2D eigenvalue weighted by molar-refractivity contribution is 5.94. The maximum Gasteiger partial charge on any atom is 0.227 e. The van der Waals surface area contributed by atoms with Crippen molar-refractivity contribution in [3.63, 3.8) is 0 Å². The number of hydrogen-bond donors (Lipinski definition) is 1. The highest BCUT2D eigenvalue weighted by Crippen LogP contribution is 2.41. The van der Waals surface area contributed by atoms with Gasteiger partial charge >= 0.3 is 0 Å². The minimum Gasteiger partial charge on any atom is -0.326 e. The first-order valence-electron chi connectivity index (χ1n) is 6.73. The molecule has 96 valence electrons. The van der Waals surface area contributed by atoms with Crippen molar-refractivity contribution in [1.29, 1.82) is 0 Å². The summed E-state index contributed by atoms with van der Waals surface area (Å²) in [5, 5.41) is 2.98. The topological polar surface area (TPSA) is 29.1 Å². The smallest absolute Gasteiger partial charge is 0.227 e. The van der Waals surface area contributed by atoms with Gasteiger partial charge in [0.2, 0.25) is 5.91 Å². The quantitative estimate of drug-likeness (QED) is 0.885. The first-order chi connectivity index (χ1) is 9.33. The van der Waals surface area contributed by atoms with Crippen molar-refractivity contribution in [2.45, 2.75) is 12.8 Å². The highest BCUT2D eigenvalue weighted by Gasteiger charge is 2.42. The van der Waals surface area contributed by atoms with Gasteiger partial charge in [-0.2, -0.15) is 0 Å². The van der Waals surface area contributed by atoms with Crippen LogP contribution in [0.25, 0.3) is 0 Å². The van der Waals surface area contributed by atoms with Gasteiger partial charge < -0.3 is 5.32 Å². The molecule has 2 nitrogen and oxygen atoms in total. The SMILES string of the molecule is O=C(Nc1ccccc1)[C@H]1C[C@H]1Cc1ccccc1. The number of amides is 1. The lowest BCUT2D eigenvalue weighted by molar-refractivity contribution is -0.117. The molecule has 3 rings (SSSR count). The van der Waals surface area contributed by atoms with Crippen LogP contribution in [0, 0.1) is 11.8 Å². The fourth-order valence-corrected chi connectivity index (χ4v) is 2.47. The Kier molecular flexibility index (Phi) is 3.32. The Balaban J connectivity index is 1.54. The summed E-state index contributed by atoms with van der Waals surface area (Å²) in [5.74, 6) is 0.846. The van der Waals surface area contributed by atoms with Gasteiger partial charge in [-0.3, -0.25) is 4.79 Å². The molecule has 0 unspecified atom stereocenters. The summed E-state index contributed by atoms with van der Waals surface area (Å²) in [5.41, 5.74) is 2.21. The van der Waals surface area contributed by atoms with E-state index >= 15 is 0 Å². The number of carbonyl (C=O) groups is 1. The second kappa shape index (κ2) is 5.27. The zero-order valence-electron chi connectivity index (χ0n) is 10.8. The maximum absolute atomic E-state index is 12.1. The molecule has 2 aromatic rings. The van der Waals surface area contributed by atoms with Crippen LogP contribution in [0.1, 0.15) is 12.0 Å². The highest BCUT2D eigenvalue weighted by atomic mass is 16.2. The molecule has 0 aliphatic heterocycles. The monoisotopic (exact) mass is 251 g/mol. The van der Waals surface area contributed by atoms with Crippen molar-refractivity contribution >= 4 is 11.6 Å². The number of carbonyl (C=O) groups excluding carboxylic acids is 1. The van der Waals surface area contributed by atoms with E-state index in [1.165, 1.54) is 5.56 Å². The van der Waals surface area contributed by atoms with E-state index in [0.717, 1.165) is 18.5 Å². The summed E-state index contributed by atoms with van der Waals surface area (Å²) in [6.45, 7) is 0. The van der Waals surface area contributed by atoms with Crippen LogP contribution in [0.5, 0.6) is 0 Å². The molecule has 2 atom stereocenters. The van der Waals surface area contributed by atoms with Crippen LogP contribution < -0.4 is 5.32 Å². The zero-order valence-corrected chi connectivity index (χ0v) is 10.8. The van der Waals surface area contributed by atoms with E-state index in [1.54, 1.807) is 0 Å². The van der Waals surface area contributed by atoms with E-state index in [-0.39, 0.29) is 11.8 Å². The largest absolute Gasteiger partial charge is 0.326 e. The number of rotatable bonds is 4. The van der Waals surface area contributed by atoms with Crippen molar-refractivity contribution < 1.29 is 4.79 Å².